The Kier molecular flexibility index (Phi) is 3.16. The molecule has 2 nitrogen and oxygen atoms in total. The largest absolute Gasteiger partial charge is 0.263 e. The summed E-state index contributed by atoms with van der Waals surface area (Å²) in [6, 6.07) is 12.4. The lowest BCUT2D eigenvalue weighted by atomic mass is 9.86. The van der Waals surface area contributed by atoms with Crippen LogP contribution >= 0.6 is 0 Å². The molecule has 0 spiro atoms. The standard InChI is InChI=1S/C16H16N2/c1-16(2,3)15-6-4-13(5-7-15)14-8-12(9-17)10-18-11-14/h4-8,10-11H,1-3H3. The topological polar surface area (TPSA) is 36.7 Å². The molecule has 1 heterocycles. The first kappa shape index (κ1) is 12.3. The fourth-order valence-corrected chi connectivity index (χ4v) is 1.82. The zero-order chi connectivity index (χ0) is 13.2. The van der Waals surface area contributed by atoms with Crippen molar-refractivity contribution in [1.29, 1.82) is 5.26 Å². The SMILES string of the molecule is CC(C)(C)c1ccc(-c2cncc(C#N)c2)cc1. The predicted octanol–water partition coefficient (Wildman–Crippen LogP) is 3.92. The average molecular weight is 236 g/mol. The van der Waals surface area contributed by atoms with Crippen LogP contribution in [0.25, 0.3) is 11.1 Å². The highest BCUT2D eigenvalue weighted by atomic mass is 14.6. The number of nitrogens with zero attached hydrogens (tertiary/aromatic N) is 2. The summed E-state index contributed by atoms with van der Waals surface area (Å²) in [7, 11) is 0. The third-order valence-corrected chi connectivity index (χ3v) is 2.95. The van der Waals surface area contributed by atoms with Crippen molar-refractivity contribution in [1.82, 2.24) is 4.98 Å². The molecule has 2 rings (SSSR count). The second-order valence-electron chi connectivity index (χ2n) is 5.40. The fourth-order valence-electron chi connectivity index (χ4n) is 1.82. The Morgan fingerprint density at radius 2 is 1.67 bits per heavy atom. The number of rotatable bonds is 1. The Labute approximate surface area is 108 Å². The Balaban J connectivity index is 2.38. The van der Waals surface area contributed by atoms with Gasteiger partial charge in [-0.3, -0.25) is 4.98 Å². The van der Waals surface area contributed by atoms with E-state index in [9.17, 15) is 0 Å². The van der Waals surface area contributed by atoms with E-state index < -0.39 is 0 Å². The number of nitriles is 1. The number of hydrogen-bond acceptors (Lipinski definition) is 2. The molecule has 0 saturated carbocycles. The minimum absolute atomic E-state index is 0.158. The predicted molar refractivity (Wildman–Crippen MR) is 73.1 cm³/mol. The van der Waals surface area contributed by atoms with E-state index in [1.54, 1.807) is 12.4 Å². The molecule has 0 fully saturated rings. The van der Waals surface area contributed by atoms with Gasteiger partial charge in [-0.25, -0.2) is 0 Å². The minimum Gasteiger partial charge on any atom is -0.263 e. The highest BCUT2D eigenvalue weighted by Crippen LogP contribution is 2.26. The van der Waals surface area contributed by atoms with Crippen molar-refractivity contribution in [2.24, 2.45) is 0 Å². The molecule has 0 bridgehead atoms. The van der Waals surface area contributed by atoms with Crippen molar-refractivity contribution in [3.8, 4) is 17.2 Å². The summed E-state index contributed by atoms with van der Waals surface area (Å²) in [4.78, 5) is 4.08. The fraction of sp³-hybridized carbons (Fsp3) is 0.250. The van der Waals surface area contributed by atoms with Crippen molar-refractivity contribution < 1.29 is 0 Å². The third kappa shape index (κ3) is 2.57. The van der Waals surface area contributed by atoms with Gasteiger partial charge in [0, 0.05) is 18.0 Å². The van der Waals surface area contributed by atoms with Crippen molar-refractivity contribution in [2.45, 2.75) is 26.2 Å². The first-order valence-electron chi connectivity index (χ1n) is 5.97. The number of hydrogen-bond donors (Lipinski definition) is 0. The van der Waals surface area contributed by atoms with Gasteiger partial charge in [-0.2, -0.15) is 5.26 Å². The lowest BCUT2D eigenvalue weighted by Crippen LogP contribution is -2.10. The first-order valence-corrected chi connectivity index (χ1v) is 5.97. The third-order valence-electron chi connectivity index (χ3n) is 2.95. The van der Waals surface area contributed by atoms with Crippen LogP contribution in [-0.2, 0) is 5.41 Å². The van der Waals surface area contributed by atoms with Gasteiger partial charge >= 0.3 is 0 Å². The van der Waals surface area contributed by atoms with Crippen LogP contribution in [0.3, 0.4) is 0 Å². The molecule has 0 aliphatic rings. The second kappa shape index (κ2) is 4.62. The van der Waals surface area contributed by atoms with Crippen molar-refractivity contribution in [3.05, 3.63) is 53.9 Å². The number of pyridine rings is 1. The molecule has 0 N–H and O–H groups in total. The van der Waals surface area contributed by atoms with Crippen molar-refractivity contribution in [3.63, 3.8) is 0 Å². The van der Waals surface area contributed by atoms with Crippen LogP contribution in [0, 0.1) is 11.3 Å². The Hall–Kier alpha value is -2.14. The normalized spacial score (nSPS) is 11.0. The van der Waals surface area contributed by atoms with Crippen molar-refractivity contribution >= 4 is 0 Å². The Bertz CT molecular complexity index is 584. The van der Waals surface area contributed by atoms with Gasteiger partial charge < -0.3 is 0 Å². The summed E-state index contributed by atoms with van der Waals surface area (Å²) >= 11 is 0. The average Bonchev–Trinajstić information content (AvgIpc) is 2.38. The Morgan fingerprint density at radius 1 is 1.00 bits per heavy atom. The summed E-state index contributed by atoms with van der Waals surface area (Å²) in [5, 5.41) is 8.87. The van der Waals surface area contributed by atoms with Crippen LogP contribution in [-0.4, -0.2) is 4.98 Å². The van der Waals surface area contributed by atoms with Gasteiger partial charge in [0.05, 0.1) is 5.56 Å². The molecule has 18 heavy (non-hydrogen) atoms. The van der Waals surface area contributed by atoms with Crippen LogP contribution in [0.15, 0.2) is 42.7 Å². The van der Waals surface area contributed by atoms with Crippen LogP contribution in [0.1, 0.15) is 31.9 Å². The van der Waals surface area contributed by atoms with Gasteiger partial charge in [0.15, 0.2) is 0 Å². The van der Waals surface area contributed by atoms with Crippen LogP contribution < -0.4 is 0 Å². The van der Waals surface area contributed by atoms with E-state index in [1.807, 2.05) is 6.07 Å². The zero-order valence-corrected chi connectivity index (χ0v) is 10.9. The lowest BCUT2D eigenvalue weighted by Gasteiger charge is -2.19. The molecule has 2 heteroatoms. The van der Waals surface area contributed by atoms with E-state index in [0.29, 0.717) is 5.56 Å². The van der Waals surface area contributed by atoms with Crippen LogP contribution in [0.5, 0.6) is 0 Å². The molecule has 0 aliphatic carbocycles. The molecular formula is C16H16N2. The number of benzene rings is 1. The molecule has 0 atom stereocenters. The molecule has 2 aromatic rings. The van der Waals surface area contributed by atoms with Gasteiger partial charge in [0.1, 0.15) is 6.07 Å². The van der Waals surface area contributed by atoms with Gasteiger partial charge in [0.25, 0.3) is 0 Å². The molecule has 0 saturated heterocycles. The molecule has 1 aromatic carbocycles. The maximum Gasteiger partial charge on any atom is 0.101 e. The monoisotopic (exact) mass is 236 g/mol. The number of aromatic nitrogens is 1. The van der Waals surface area contributed by atoms with Gasteiger partial charge in [-0.15, -0.1) is 0 Å². The van der Waals surface area contributed by atoms with Crippen LogP contribution in [0.4, 0.5) is 0 Å². The Morgan fingerprint density at radius 3 is 2.22 bits per heavy atom. The summed E-state index contributed by atoms with van der Waals surface area (Å²) in [6.07, 6.45) is 3.36. The summed E-state index contributed by atoms with van der Waals surface area (Å²) in [5.74, 6) is 0. The smallest absolute Gasteiger partial charge is 0.101 e. The van der Waals surface area contributed by atoms with Gasteiger partial charge in [-0.1, -0.05) is 45.0 Å². The van der Waals surface area contributed by atoms with E-state index in [4.69, 9.17) is 5.26 Å². The zero-order valence-electron chi connectivity index (χ0n) is 10.9. The van der Waals surface area contributed by atoms with Gasteiger partial charge in [0.2, 0.25) is 0 Å². The first-order chi connectivity index (χ1) is 8.50. The molecule has 1 aromatic heterocycles. The molecule has 0 amide bonds. The molecule has 90 valence electrons. The van der Waals surface area contributed by atoms with E-state index >= 15 is 0 Å². The van der Waals surface area contributed by atoms with Crippen LogP contribution in [0.2, 0.25) is 0 Å². The van der Waals surface area contributed by atoms with E-state index in [-0.39, 0.29) is 5.41 Å². The quantitative estimate of drug-likeness (QED) is 0.752. The maximum absolute atomic E-state index is 8.87. The minimum atomic E-state index is 0.158. The van der Waals surface area contributed by atoms with Crippen molar-refractivity contribution in [2.75, 3.05) is 0 Å². The van der Waals surface area contributed by atoms with E-state index in [0.717, 1.165) is 11.1 Å². The highest BCUT2D eigenvalue weighted by molar-refractivity contribution is 5.64. The van der Waals surface area contributed by atoms with E-state index in [1.165, 1.54) is 5.56 Å². The summed E-state index contributed by atoms with van der Waals surface area (Å²) in [5.41, 5.74) is 4.12. The molecule has 0 radical (unpaired) electrons. The lowest BCUT2D eigenvalue weighted by molar-refractivity contribution is 0.590. The second-order valence-corrected chi connectivity index (χ2v) is 5.40. The maximum atomic E-state index is 8.87. The summed E-state index contributed by atoms with van der Waals surface area (Å²) < 4.78 is 0. The van der Waals surface area contributed by atoms with Gasteiger partial charge in [-0.05, 0) is 22.6 Å². The molecule has 0 unspecified atom stereocenters. The van der Waals surface area contributed by atoms with E-state index in [2.05, 4.69) is 56.1 Å². The molecule has 0 aliphatic heterocycles. The molecular weight excluding hydrogens is 220 g/mol. The highest BCUT2D eigenvalue weighted by Gasteiger charge is 2.13. The summed E-state index contributed by atoms with van der Waals surface area (Å²) in [6.45, 7) is 6.58.